The molecule has 1 aromatic heterocycles. The fourth-order valence-corrected chi connectivity index (χ4v) is 4.00. The predicted molar refractivity (Wildman–Crippen MR) is 80.5 cm³/mol. The average Bonchev–Trinajstić information content (AvgIpc) is 3.10. The molecule has 1 heterocycles. The van der Waals surface area contributed by atoms with Crippen molar-refractivity contribution in [2.75, 3.05) is 7.11 Å². The molecule has 3 heteroatoms. The number of methoxy groups -OCH3 is 1. The normalized spacial score (nSPS) is 26.5. The minimum atomic E-state index is -0.802. The molecule has 0 aliphatic heterocycles. The summed E-state index contributed by atoms with van der Waals surface area (Å²) in [6.45, 7) is 0. The maximum Gasteiger partial charge on any atom is 0.119 e. The van der Waals surface area contributed by atoms with E-state index in [1.165, 1.54) is 11.1 Å². The van der Waals surface area contributed by atoms with Crippen molar-refractivity contribution >= 4 is 0 Å². The number of hydrogen-bond acceptors (Lipinski definition) is 3. The lowest BCUT2D eigenvalue weighted by Gasteiger charge is -2.31. The molecule has 0 fully saturated rings. The van der Waals surface area contributed by atoms with E-state index in [9.17, 15) is 5.11 Å². The van der Waals surface area contributed by atoms with Crippen LogP contribution in [0.25, 0.3) is 0 Å². The lowest BCUT2D eigenvalue weighted by atomic mass is 9.80. The van der Waals surface area contributed by atoms with Crippen LogP contribution in [0.5, 0.6) is 5.75 Å². The summed E-state index contributed by atoms with van der Waals surface area (Å²) in [5, 5.41) is 11.4. The van der Waals surface area contributed by atoms with Crippen LogP contribution in [0, 0.1) is 0 Å². The summed E-state index contributed by atoms with van der Waals surface area (Å²) in [7, 11) is 1.67. The molecule has 1 aromatic carbocycles. The Hall–Kier alpha value is -1.87. The van der Waals surface area contributed by atoms with Crippen LogP contribution in [-0.2, 0) is 18.4 Å². The second kappa shape index (κ2) is 4.57. The maximum absolute atomic E-state index is 11.4. The Morgan fingerprint density at radius 3 is 3.00 bits per heavy atom. The molecule has 108 valence electrons. The Bertz CT molecular complexity index is 697. The largest absolute Gasteiger partial charge is 0.497 e. The predicted octanol–water partition coefficient (Wildman–Crippen LogP) is 2.95. The van der Waals surface area contributed by atoms with Gasteiger partial charge in [-0.05, 0) is 60.6 Å². The highest BCUT2D eigenvalue weighted by atomic mass is 16.5. The number of fused-ring (bicyclic) bond motifs is 2. The highest BCUT2D eigenvalue weighted by molar-refractivity contribution is 5.46. The second-order valence-corrected chi connectivity index (χ2v) is 6.09. The summed E-state index contributed by atoms with van der Waals surface area (Å²) in [5.41, 5.74) is 3.83. The summed E-state index contributed by atoms with van der Waals surface area (Å²) in [6, 6.07) is 10.2. The molecule has 2 aliphatic rings. The maximum atomic E-state index is 11.4. The number of hydrogen-bond donors (Lipinski definition) is 1. The van der Waals surface area contributed by atoms with Gasteiger partial charge in [0.2, 0.25) is 0 Å². The molecule has 0 radical (unpaired) electrons. The van der Waals surface area contributed by atoms with Gasteiger partial charge in [0.1, 0.15) is 5.75 Å². The van der Waals surface area contributed by atoms with E-state index in [0.717, 1.165) is 42.7 Å². The van der Waals surface area contributed by atoms with Crippen LogP contribution in [-0.4, -0.2) is 17.2 Å². The van der Waals surface area contributed by atoms with Crippen LogP contribution in [0.4, 0.5) is 0 Å². The van der Waals surface area contributed by atoms with Crippen molar-refractivity contribution in [2.24, 2.45) is 0 Å². The smallest absolute Gasteiger partial charge is 0.119 e. The minimum Gasteiger partial charge on any atom is -0.497 e. The zero-order valence-electron chi connectivity index (χ0n) is 12.2. The fourth-order valence-electron chi connectivity index (χ4n) is 4.00. The van der Waals surface area contributed by atoms with Crippen molar-refractivity contribution in [3.05, 3.63) is 58.9 Å². The van der Waals surface area contributed by atoms with E-state index in [4.69, 9.17) is 4.74 Å². The zero-order chi connectivity index (χ0) is 14.4. The summed E-state index contributed by atoms with van der Waals surface area (Å²) in [5.74, 6) is 0.912. The summed E-state index contributed by atoms with van der Waals surface area (Å²) in [6.07, 6.45) is 5.52. The first-order chi connectivity index (χ1) is 10.2. The number of rotatable bonds is 2. The number of aromatic nitrogens is 1. The van der Waals surface area contributed by atoms with Crippen LogP contribution in [0.3, 0.4) is 0 Å². The van der Waals surface area contributed by atoms with Crippen LogP contribution < -0.4 is 4.74 Å². The summed E-state index contributed by atoms with van der Waals surface area (Å²) >= 11 is 0. The molecule has 0 amide bonds. The summed E-state index contributed by atoms with van der Waals surface area (Å²) < 4.78 is 5.34. The van der Waals surface area contributed by atoms with Crippen molar-refractivity contribution in [3.63, 3.8) is 0 Å². The second-order valence-electron chi connectivity index (χ2n) is 6.09. The molecule has 2 unspecified atom stereocenters. The molecule has 0 saturated heterocycles. The Labute approximate surface area is 124 Å². The molecular formula is C18H19NO2. The Balaban J connectivity index is 1.81. The van der Waals surface area contributed by atoms with Crippen molar-refractivity contribution in [1.29, 1.82) is 0 Å². The van der Waals surface area contributed by atoms with Gasteiger partial charge in [0.15, 0.2) is 0 Å². The average molecular weight is 281 g/mol. The molecule has 3 nitrogen and oxygen atoms in total. The number of benzene rings is 1. The van der Waals surface area contributed by atoms with Gasteiger partial charge in [0.05, 0.1) is 12.7 Å². The first-order valence-corrected chi connectivity index (χ1v) is 7.56. The molecule has 2 atom stereocenters. The van der Waals surface area contributed by atoms with Crippen LogP contribution >= 0.6 is 0 Å². The van der Waals surface area contributed by atoms with Crippen molar-refractivity contribution < 1.29 is 9.84 Å². The molecular weight excluding hydrogens is 262 g/mol. The molecule has 2 aliphatic carbocycles. The van der Waals surface area contributed by atoms with Gasteiger partial charge in [-0.25, -0.2) is 0 Å². The Morgan fingerprint density at radius 2 is 2.14 bits per heavy atom. The molecule has 0 saturated carbocycles. The number of nitrogens with zero attached hydrogens (tertiary/aromatic N) is 1. The summed E-state index contributed by atoms with van der Waals surface area (Å²) in [4.78, 5) is 4.55. The van der Waals surface area contributed by atoms with E-state index < -0.39 is 5.60 Å². The van der Waals surface area contributed by atoms with Gasteiger partial charge in [-0.1, -0.05) is 12.1 Å². The molecule has 1 N–H and O–H groups in total. The molecule has 2 aromatic rings. The number of ether oxygens (including phenoxy) is 1. The van der Waals surface area contributed by atoms with Gasteiger partial charge in [-0.2, -0.15) is 0 Å². The van der Waals surface area contributed by atoms with Crippen molar-refractivity contribution in [2.45, 2.75) is 37.2 Å². The van der Waals surface area contributed by atoms with E-state index in [0.29, 0.717) is 0 Å². The van der Waals surface area contributed by atoms with Gasteiger partial charge in [0.25, 0.3) is 0 Å². The third kappa shape index (κ3) is 1.80. The lowest BCUT2D eigenvalue weighted by molar-refractivity contribution is 0.00789. The van der Waals surface area contributed by atoms with E-state index in [1.54, 1.807) is 7.11 Å². The Morgan fingerprint density at radius 1 is 1.24 bits per heavy atom. The number of aliphatic hydroxyl groups is 1. The monoisotopic (exact) mass is 281 g/mol. The number of aryl methyl sites for hydroxylation is 2. The van der Waals surface area contributed by atoms with Crippen molar-refractivity contribution in [3.8, 4) is 5.75 Å². The highest BCUT2D eigenvalue weighted by Gasteiger charge is 2.47. The van der Waals surface area contributed by atoms with Gasteiger partial charge in [-0.15, -0.1) is 0 Å². The van der Waals surface area contributed by atoms with E-state index >= 15 is 0 Å². The quantitative estimate of drug-likeness (QED) is 0.920. The lowest BCUT2D eigenvalue weighted by Crippen LogP contribution is -2.30. The van der Waals surface area contributed by atoms with Crippen LogP contribution in [0.1, 0.15) is 41.1 Å². The van der Waals surface area contributed by atoms with Crippen LogP contribution in [0.15, 0.2) is 36.5 Å². The van der Waals surface area contributed by atoms with E-state index in [1.807, 2.05) is 24.4 Å². The van der Waals surface area contributed by atoms with Gasteiger partial charge in [0, 0.05) is 17.8 Å². The highest BCUT2D eigenvalue weighted by Crippen LogP contribution is 2.51. The molecule has 0 spiro atoms. The van der Waals surface area contributed by atoms with Gasteiger partial charge < -0.3 is 9.84 Å². The third-order valence-electron chi connectivity index (χ3n) is 5.09. The van der Waals surface area contributed by atoms with E-state index in [2.05, 4.69) is 17.1 Å². The molecule has 21 heavy (non-hydrogen) atoms. The molecule has 0 bridgehead atoms. The van der Waals surface area contributed by atoms with Gasteiger partial charge >= 0.3 is 0 Å². The standard InChI is InChI=1S/C18H19NO2/c1-21-14-6-4-12-8-9-18(20,16(12)11-14)15-7-5-13-3-2-10-19-17(13)15/h2-4,6,10-11,15,20H,5,7-9H2,1H3. The topological polar surface area (TPSA) is 42.4 Å². The first kappa shape index (κ1) is 12.8. The van der Waals surface area contributed by atoms with Crippen LogP contribution in [0.2, 0.25) is 0 Å². The SMILES string of the molecule is COc1ccc2c(c1)C(O)(C1CCc3cccnc31)CC2. The zero-order valence-corrected chi connectivity index (χ0v) is 12.2. The Kier molecular flexibility index (Phi) is 2.79. The molecule has 4 rings (SSSR count). The van der Waals surface area contributed by atoms with Gasteiger partial charge in [-0.3, -0.25) is 4.98 Å². The van der Waals surface area contributed by atoms with E-state index in [-0.39, 0.29) is 5.92 Å². The van der Waals surface area contributed by atoms with Crippen molar-refractivity contribution in [1.82, 2.24) is 4.98 Å². The first-order valence-electron chi connectivity index (χ1n) is 7.56. The third-order valence-corrected chi connectivity index (χ3v) is 5.09. The number of pyridine rings is 1. The minimum absolute atomic E-state index is 0.0991. The fraction of sp³-hybridized carbons (Fsp3) is 0.389.